The largest absolute Gasteiger partial charge is 0.339 e. The molecule has 0 unspecified atom stereocenters. The van der Waals surface area contributed by atoms with Gasteiger partial charge in [0.05, 0.1) is 0 Å². The third-order valence-electron chi connectivity index (χ3n) is 5.76. The van der Waals surface area contributed by atoms with Crippen LogP contribution in [0, 0.1) is 0 Å². The van der Waals surface area contributed by atoms with Gasteiger partial charge in [-0.25, -0.2) is 0 Å². The Bertz CT molecular complexity index is 462. The van der Waals surface area contributed by atoms with Crippen LogP contribution in [0.1, 0.15) is 86.0 Å². The zero-order valence-electron chi connectivity index (χ0n) is 15.6. The first-order valence-electron chi connectivity index (χ1n) is 9.45. The topological polar surface area (TPSA) is 41.6 Å². The van der Waals surface area contributed by atoms with Crippen molar-refractivity contribution in [1.29, 1.82) is 0 Å². The Labute approximate surface area is 141 Å². The van der Waals surface area contributed by atoms with E-state index in [0.717, 1.165) is 45.1 Å². The minimum absolute atomic E-state index is 0.0853. The third kappa shape index (κ3) is 2.93. The number of rotatable bonds is 3. The van der Waals surface area contributed by atoms with Crippen molar-refractivity contribution in [2.45, 2.75) is 108 Å². The summed E-state index contributed by atoms with van der Waals surface area (Å²) < 4.78 is 6.77. The lowest BCUT2D eigenvalue weighted by molar-refractivity contribution is -0.166. The Kier molecular flexibility index (Phi) is 4.08. The van der Waals surface area contributed by atoms with E-state index in [-0.39, 0.29) is 22.7 Å². The van der Waals surface area contributed by atoms with Crippen molar-refractivity contribution in [1.82, 2.24) is 10.2 Å². The summed E-state index contributed by atoms with van der Waals surface area (Å²) in [5, 5.41) is 3.69. The molecule has 3 fully saturated rings. The van der Waals surface area contributed by atoms with Gasteiger partial charge in [0, 0.05) is 30.5 Å². The molecule has 0 aromatic rings. The van der Waals surface area contributed by atoms with Gasteiger partial charge in [0.25, 0.3) is 5.91 Å². The first-order valence-corrected chi connectivity index (χ1v) is 9.45. The number of hydrogen-bond acceptors (Lipinski definition) is 3. The van der Waals surface area contributed by atoms with Gasteiger partial charge in [-0.05, 0) is 59.8 Å². The minimum Gasteiger partial charge on any atom is -0.339 e. The second-order valence-electron chi connectivity index (χ2n) is 9.31. The maximum absolute atomic E-state index is 13.5. The van der Waals surface area contributed by atoms with Gasteiger partial charge in [-0.2, -0.15) is 0 Å². The fraction of sp³-hybridized carbons (Fsp3) is 0.947. The molecule has 0 bridgehead atoms. The molecule has 0 atom stereocenters. The monoisotopic (exact) mass is 322 g/mol. The molecule has 2 saturated heterocycles. The average Bonchev–Trinajstić information content (AvgIpc) is 2.90. The Hall–Kier alpha value is -0.610. The van der Waals surface area contributed by atoms with E-state index < -0.39 is 5.60 Å². The van der Waals surface area contributed by atoms with Gasteiger partial charge in [0.1, 0.15) is 5.72 Å². The van der Waals surface area contributed by atoms with Gasteiger partial charge in [-0.15, -0.1) is 0 Å². The lowest BCUT2D eigenvalue weighted by Crippen LogP contribution is -2.65. The molecule has 3 rings (SSSR count). The van der Waals surface area contributed by atoms with E-state index >= 15 is 0 Å². The summed E-state index contributed by atoms with van der Waals surface area (Å²) in [5.74, 6) is 0.260. The Morgan fingerprint density at radius 3 is 2.17 bits per heavy atom. The first kappa shape index (κ1) is 17.2. The number of amides is 1. The molecule has 1 aliphatic carbocycles. The van der Waals surface area contributed by atoms with Crippen molar-refractivity contribution in [2.75, 3.05) is 6.54 Å². The molecule has 0 radical (unpaired) electrons. The lowest BCUT2D eigenvalue weighted by Gasteiger charge is -2.50. The SMILES string of the molecule is CCCCN1C(=O)C2(CC(C)(C)NC(C)(C)C2)OC12CCCC2. The summed E-state index contributed by atoms with van der Waals surface area (Å²) in [6.45, 7) is 11.8. The molecular weight excluding hydrogens is 288 g/mol. The highest BCUT2D eigenvalue weighted by atomic mass is 16.6. The molecule has 1 saturated carbocycles. The van der Waals surface area contributed by atoms with E-state index in [2.05, 4.69) is 44.8 Å². The van der Waals surface area contributed by atoms with E-state index in [4.69, 9.17) is 4.74 Å². The molecule has 1 N–H and O–H groups in total. The van der Waals surface area contributed by atoms with E-state index in [1.54, 1.807) is 0 Å². The zero-order valence-corrected chi connectivity index (χ0v) is 15.6. The Morgan fingerprint density at radius 2 is 1.65 bits per heavy atom. The van der Waals surface area contributed by atoms with Crippen molar-refractivity contribution >= 4 is 5.91 Å². The highest BCUT2D eigenvalue weighted by molar-refractivity contribution is 5.88. The van der Waals surface area contributed by atoms with Crippen LogP contribution in [0.25, 0.3) is 0 Å². The van der Waals surface area contributed by atoms with E-state index in [1.165, 1.54) is 12.8 Å². The molecule has 2 spiro atoms. The van der Waals surface area contributed by atoms with Crippen LogP contribution in [0.2, 0.25) is 0 Å². The summed E-state index contributed by atoms with van der Waals surface area (Å²) in [6, 6.07) is 0. The van der Waals surface area contributed by atoms with Gasteiger partial charge in [-0.1, -0.05) is 13.3 Å². The lowest BCUT2D eigenvalue weighted by atomic mass is 9.72. The number of carbonyl (C=O) groups excluding carboxylic acids is 1. The number of ether oxygens (including phenoxy) is 1. The van der Waals surface area contributed by atoms with Crippen LogP contribution < -0.4 is 5.32 Å². The molecule has 4 nitrogen and oxygen atoms in total. The van der Waals surface area contributed by atoms with Gasteiger partial charge in [0.2, 0.25) is 0 Å². The summed E-state index contributed by atoms with van der Waals surface area (Å²) in [7, 11) is 0. The Morgan fingerprint density at radius 1 is 1.09 bits per heavy atom. The van der Waals surface area contributed by atoms with Crippen LogP contribution in [-0.2, 0) is 9.53 Å². The van der Waals surface area contributed by atoms with Gasteiger partial charge >= 0.3 is 0 Å². The third-order valence-corrected chi connectivity index (χ3v) is 5.76. The van der Waals surface area contributed by atoms with Gasteiger partial charge < -0.3 is 15.0 Å². The summed E-state index contributed by atoms with van der Waals surface area (Å²) >= 11 is 0. The molecule has 3 aliphatic rings. The molecule has 4 heteroatoms. The number of carbonyl (C=O) groups is 1. The van der Waals surface area contributed by atoms with Crippen molar-refractivity contribution in [3.8, 4) is 0 Å². The number of piperidine rings is 1. The second kappa shape index (κ2) is 5.45. The van der Waals surface area contributed by atoms with E-state index in [0.29, 0.717) is 0 Å². The summed E-state index contributed by atoms with van der Waals surface area (Å²) in [4.78, 5) is 15.6. The number of nitrogens with one attached hydrogen (secondary N) is 1. The summed E-state index contributed by atoms with van der Waals surface area (Å²) in [5.41, 5.74) is -1.11. The van der Waals surface area contributed by atoms with Crippen molar-refractivity contribution < 1.29 is 9.53 Å². The maximum atomic E-state index is 13.5. The number of nitrogens with zero attached hydrogens (tertiary/aromatic N) is 1. The highest BCUT2D eigenvalue weighted by Gasteiger charge is 2.64. The minimum atomic E-state index is -0.629. The number of hydrogen-bond donors (Lipinski definition) is 1. The first-order chi connectivity index (χ1) is 10.6. The van der Waals surface area contributed by atoms with E-state index in [9.17, 15) is 4.79 Å². The van der Waals surface area contributed by atoms with Gasteiger partial charge in [-0.3, -0.25) is 4.79 Å². The standard InChI is InChI=1S/C19H34N2O2/c1-6-7-12-21-15(22)18(23-19(21)10-8-9-11-19)13-16(2,3)20-17(4,5)14-18/h20H,6-14H2,1-5H3. The molecule has 1 amide bonds. The van der Waals surface area contributed by atoms with Crippen LogP contribution in [0.5, 0.6) is 0 Å². The molecule has 2 heterocycles. The fourth-order valence-corrected chi connectivity index (χ4v) is 5.53. The highest BCUT2D eigenvalue weighted by Crippen LogP contribution is 2.52. The molecule has 23 heavy (non-hydrogen) atoms. The fourth-order valence-electron chi connectivity index (χ4n) is 5.53. The number of unbranched alkanes of at least 4 members (excludes halogenated alkanes) is 1. The predicted octanol–water partition coefficient (Wildman–Crippen LogP) is 3.60. The van der Waals surface area contributed by atoms with Crippen molar-refractivity contribution in [3.05, 3.63) is 0 Å². The second-order valence-corrected chi connectivity index (χ2v) is 9.31. The zero-order chi connectivity index (χ0) is 16.9. The van der Waals surface area contributed by atoms with E-state index in [1.807, 2.05) is 0 Å². The predicted molar refractivity (Wildman–Crippen MR) is 92.2 cm³/mol. The molecule has 0 aromatic carbocycles. The van der Waals surface area contributed by atoms with Crippen LogP contribution in [0.3, 0.4) is 0 Å². The van der Waals surface area contributed by atoms with Crippen LogP contribution in [-0.4, -0.2) is 39.8 Å². The van der Waals surface area contributed by atoms with Crippen molar-refractivity contribution in [2.24, 2.45) is 0 Å². The normalized spacial score (nSPS) is 30.5. The Balaban J connectivity index is 1.95. The maximum Gasteiger partial charge on any atom is 0.257 e. The molecular formula is C19H34N2O2. The van der Waals surface area contributed by atoms with Gasteiger partial charge in [0.15, 0.2) is 5.60 Å². The summed E-state index contributed by atoms with van der Waals surface area (Å²) in [6.07, 6.45) is 8.10. The molecule has 132 valence electrons. The van der Waals surface area contributed by atoms with Crippen LogP contribution in [0.15, 0.2) is 0 Å². The van der Waals surface area contributed by atoms with Crippen LogP contribution >= 0.6 is 0 Å². The average molecular weight is 322 g/mol. The molecule has 2 aliphatic heterocycles. The van der Waals surface area contributed by atoms with Crippen molar-refractivity contribution in [3.63, 3.8) is 0 Å². The molecule has 0 aromatic heterocycles. The van der Waals surface area contributed by atoms with Crippen LogP contribution in [0.4, 0.5) is 0 Å². The smallest absolute Gasteiger partial charge is 0.257 e. The quantitative estimate of drug-likeness (QED) is 0.863.